The van der Waals surface area contributed by atoms with Crippen LogP contribution < -0.4 is 5.32 Å². The molecule has 7 heteroatoms. The minimum absolute atomic E-state index is 0.470. The molecule has 3 rings (SSSR count). The summed E-state index contributed by atoms with van der Waals surface area (Å²) in [6.45, 7) is 2.97. The van der Waals surface area contributed by atoms with Gasteiger partial charge < -0.3 is 5.32 Å². The lowest BCUT2D eigenvalue weighted by molar-refractivity contribution is 0.741. The van der Waals surface area contributed by atoms with E-state index >= 15 is 0 Å². The van der Waals surface area contributed by atoms with Crippen molar-refractivity contribution in [2.45, 2.75) is 26.2 Å². The van der Waals surface area contributed by atoms with Gasteiger partial charge in [-0.3, -0.25) is 4.98 Å². The Morgan fingerprint density at radius 3 is 2.65 bits per heavy atom. The Balaban J connectivity index is 1.99. The molecular formula is C19H19Cl2N5. The number of benzene rings is 1. The molecule has 3 aromatic rings. The third kappa shape index (κ3) is 4.48. The number of unbranched alkanes of at least 4 members (excludes halogenated alkanes) is 2. The summed E-state index contributed by atoms with van der Waals surface area (Å²) in [7, 11) is 0. The lowest BCUT2D eigenvalue weighted by Gasteiger charge is -2.12. The van der Waals surface area contributed by atoms with Gasteiger partial charge in [0.05, 0.1) is 5.02 Å². The van der Waals surface area contributed by atoms with E-state index in [1.165, 1.54) is 0 Å². The van der Waals surface area contributed by atoms with Crippen molar-refractivity contribution in [1.82, 2.24) is 20.2 Å². The zero-order chi connectivity index (χ0) is 18.4. The van der Waals surface area contributed by atoms with Crippen LogP contribution in [-0.4, -0.2) is 26.7 Å². The molecular weight excluding hydrogens is 369 g/mol. The standard InChI is InChI=1S/C19H19Cl2N5/c1-2-3-5-11-23-19-17(14-9-8-13(20)12-15(14)21)25-26-18(24-19)16-7-4-6-10-22-16/h4,6-10,12H,2-3,5,11H2,1H3,(H,23,24,26). The van der Waals surface area contributed by atoms with Crippen molar-refractivity contribution in [2.75, 3.05) is 11.9 Å². The van der Waals surface area contributed by atoms with E-state index in [4.69, 9.17) is 23.2 Å². The van der Waals surface area contributed by atoms with Gasteiger partial charge in [0.1, 0.15) is 11.4 Å². The first-order valence-corrected chi connectivity index (χ1v) is 9.30. The SMILES string of the molecule is CCCCCNc1nc(-c2ccccn2)nnc1-c1ccc(Cl)cc1Cl. The molecule has 0 unspecified atom stereocenters. The first kappa shape index (κ1) is 18.5. The van der Waals surface area contributed by atoms with Gasteiger partial charge in [0.15, 0.2) is 5.82 Å². The fourth-order valence-corrected chi connectivity index (χ4v) is 3.00. The van der Waals surface area contributed by atoms with Crippen LogP contribution in [0.2, 0.25) is 10.0 Å². The van der Waals surface area contributed by atoms with Crippen LogP contribution in [0.3, 0.4) is 0 Å². The summed E-state index contributed by atoms with van der Waals surface area (Å²) in [4.78, 5) is 8.94. The Bertz CT molecular complexity index is 871. The summed E-state index contributed by atoms with van der Waals surface area (Å²) in [5.74, 6) is 1.11. The van der Waals surface area contributed by atoms with Crippen LogP contribution in [-0.2, 0) is 0 Å². The third-order valence-corrected chi connectivity index (χ3v) is 4.39. The first-order valence-electron chi connectivity index (χ1n) is 8.54. The number of rotatable bonds is 7. The lowest BCUT2D eigenvalue weighted by atomic mass is 10.1. The zero-order valence-corrected chi connectivity index (χ0v) is 15.9. The summed E-state index contributed by atoms with van der Waals surface area (Å²) in [5.41, 5.74) is 2.01. The number of nitrogens with zero attached hydrogens (tertiary/aromatic N) is 4. The van der Waals surface area contributed by atoms with Crippen LogP contribution in [0.5, 0.6) is 0 Å². The lowest BCUT2D eigenvalue weighted by Crippen LogP contribution is -2.09. The van der Waals surface area contributed by atoms with Gasteiger partial charge in [-0.25, -0.2) is 4.98 Å². The van der Waals surface area contributed by atoms with Gasteiger partial charge >= 0.3 is 0 Å². The van der Waals surface area contributed by atoms with E-state index in [9.17, 15) is 0 Å². The summed E-state index contributed by atoms with van der Waals surface area (Å²) in [6.07, 6.45) is 5.05. The Morgan fingerprint density at radius 1 is 1.04 bits per heavy atom. The maximum absolute atomic E-state index is 6.36. The Hall–Kier alpha value is -2.24. The van der Waals surface area contributed by atoms with Crippen LogP contribution in [0, 0.1) is 0 Å². The molecule has 0 amide bonds. The average molecular weight is 388 g/mol. The normalized spacial score (nSPS) is 10.7. The van der Waals surface area contributed by atoms with Crippen LogP contribution in [0.4, 0.5) is 5.82 Å². The third-order valence-electron chi connectivity index (χ3n) is 3.84. The second kappa shape index (κ2) is 8.92. The van der Waals surface area contributed by atoms with Crippen LogP contribution in [0.25, 0.3) is 22.8 Å². The molecule has 0 aliphatic heterocycles. The second-order valence-electron chi connectivity index (χ2n) is 5.81. The Morgan fingerprint density at radius 2 is 1.92 bits per heavy atom. The quantitative estimate of drug-likeness (QED) is 0.541. The van der Waals surface area contributed by atoms with E-state index < -0.39 is 0 Å². The maximum atomic E-state index is 6.36. The van der Waals surface area contributed by atoms with Gasteiger partial charge in [0, 0.05) is 23.3 Å². The fraction of sp³-hybridized carbons (Fsp3) is 0.263. The highest BCUT2D eigenvalue weighted by Gasteiger charge is 2.15. The van der Waals surface area contributed by atoms with Gasteiger partial charge in [-0.15, -0.1) is 10.2 Å². The van der Waals surface area contributed by atoms with Crippen molar-refractivity contribution in [1.29, 1.82) is 0 Å². The molecule has 0 saturated carbocycles. The molecule has 2 aromatic heterocycles. The summed E-state index contributed by atoms with van der Waals surface area (Å²) < 4.78 is 0. The van der Waals surface area contributed by atoms with Gasteiger partial charge in [-0.1, -0.05) is 49.0 Å². The van der Waals surface area contributed by atoms with Crippen molar-refractivity contribution in [2.24, 2.45) is 0 Å². The Labute approximate surface area is 162 Å². The van der Waals surface area contributed by atoms with E-state index in [-0.39, 0.29) is 0 Å². The first-order chi connectivity index (χ1) is 12.7. The number of halogens is 2. The highest BCUT2D eigenvalue weighted by Crippen LogP contribution is 2.33. The number of anilines is 1. The second-order valence-corrected chi connectivity index (χ2v) is 6.65. The summed E-state index contributed by atoms with van der Waals surface area (Å²) >= 11 is 12.4. The maximum Gasteiger partial charge on any atom is 0.202 e. The van der Waals surface area contributed by atoms with E-state index in [0.717, 1.165) is 31.4 Å². The zero-order valence-electron chi connectivity index (χ0n) is 14.4. The van der Waals surface area contributed by atoms with Crippen molar-refractivity contribution < 1.29 is 0 Å². The minimum Gasteiger partial charge on any atom is -0.368 e. The van der Waals surface area contributed by atoms with Gasteiger partial charge in [-0.2, -0.15) is 0 Å². The molecule has 0 atom stereocenters. The predicted octanol–water partition coefficient (Wildman–Crippen LogP) is 5.51. The molecule has 26 heavy (non-hydrogen) atoms. The smallest absolute Gasteiger partial charge is 0.202 e. The summed E-state index contributed by atoms with van der Waals surface area (Å²) in [5, 5.41) is 13.1. The molecule has 0 spiro atoms. The number of hydrogen-bond acceptors (Lipinski definition) is 5. The monoisotopic (exact) mass is 387 g/mol. The molecule has 1 N–H and O–H groups in total. The number of nitrogens with one attached hydrogen (secondary N) is 1. The largest absolute Gasteiger partial charge is 0.368 e. The molecule has 1 aromatic carbocycles. The average Bonchev–Trinajstić information content (AvgIpc) is 2.66. The minimum atomic E-state index is 0.470. The van der Waals surface area contributed by atoms with E-state index in [0.29, 0.717) is 33.1 Å². The molecule has 0 aliphatic rings. The summed E-state index contributed by atoms with van der Waals surface area (Å²) in [6, 6.07) is 10.9. The molecule has 134 valence electrons. The van der Waals surface area contributed by atoms with E-state index in [1.54, 1.807) is 18.3 Å². The fourth-order valence-electron chi connectivity index (χ4n) is 2.50. The molecule has 0 aliphatic carbocycles. The number of pyridine rings is 1. The molecule has 5 nitrogen and oxygen atoms in total. The predicted molar refractivity (Wildman–Crippen MR) is 107 cm³/mol. The number of hydrogen-bond donors (Lipinski definition) is 1. The highest BCUT2D eigenvalue weighted by molar-refractivity contribution is 6.36. The van der Waals surface area contributed by atoms with Crippen LogP contribution in [0.15, 0.2) is 42.6 Å². The topological polar surface area (TPSA) is 63.6 Å². The van der Waals surface area contributed by atoms with Gasteiger partial charge in [-0.05, 0) is 36.8 Å². The Kier molecular flexibility index (Phi) is 6.36. The van der Waals surface area contributed by atoms with Crippen molar-refractivity contribution in [3.8, 4) is 22.8 Å². The number of aromatic nitrogens is 4. The van der Waals surface area contributed by atoms with Gasteiger partial charge in [0.2, 0.25) is 5.82 Å². The van der Waals surface area contributed by atoms with Gasteiger partial charge in [0.25, 0.3) is 0 Å². The molecule has 0 fully saturated rings. The van der Waals surface area contributed by atoms with E-state index in [2.05, 4.69) is 32.4 Å². The molecule has 0 bridgehead atoms. The molecule has 0 saturated heterocycles. The van der Waals surface area contributed by atoms with Crippen LogP contribution in [0.1, 0.15) is 26.2 Å². The molecule has 2 heterocycles. The van der Waals surface area contributed by atoms with E-state index in [1.807, 2.05) is 24.3 Å². The molecule has 0 radical (unpaired) electrons. The van der Waals surface area contributed by atoms with Crippen molar-refractivity contribution in [3.05, 3.63) is 52.6 Å². The highest BCUT2D eigenvalue weighted by atomic mass is 35.5. The van der Waals surface area contributed by atoms with Crippen molar-refractivity contribution >= 4 is 29.0 Å². The van der Waals surface area contributed by atoms with Crippen LogP contribution >= 0.6 is 23.2 Å². The van der Waals surface area contributed by atoms with Crippen molar-refractivity contribution in [3.63, 3.8) is 0 Å².